The maximum absolute atomic E-state index is 13.2. The van der Waals surface area contributed by atoms with E-state index in [-0.39, 0.29) is 11.9 Å². The number of para-hydroxylation sites is 1. The molecular weight excluding hydrogens is 328 g/mol. The lowest BCUT2D eigenvalue weighted by molar-refractivity contribution is 0.0718. The van der Waals surface area contributed by atoms with Gasteiger partial charge >= 0.3 is 0 Å². The maximum atomic E-state index is 13.2. The molecule has 0 unspecified atom stereocenters. The molecule has 0 saturated heterocycles. The van der Waals surface area contributed by atoms with Crippen molar-refractivity contribution in [2.75, 3.05) is 7.11 Å². The van der Waals surface area contributed by atoms with Crippen LogP contribution in [-0.2, 0) is 6.54 Å². The maximum Gasteiger partial charge on any atom is 0.278 e. The number of aromatic nitrogens is 3. The Balaban J connectivity index is 1.64. The Hall–Kier alpha value is -3.15. The van der Waals surface area contributed by atoms with Gasteiger partial charge in [-0.3, -0.25) is 9.78 Å². The van der Waals surface area contributed by atoms with Crippen LogP contribution in [0.15, 0.2) is 60.9 Å². The van der Waals surface area contributed by atoms with Crippen LogP contribution in [-0.4, -0.2) is 38.7 Å². The van der Waals surface area contributed by atoms with Gasteiger partial charge in [-0.15, -0.1) is 0 Å². The van der Waals surface area contributed by atoms with Crippen molar-refractivity contribution >= 4 is 5.91 Å². The van der Waals surface area contributed by atoms with E-state index in [9.17, 15) is 4.79 Å². The molecule has 1 aromatic carbocycles. The molecule has 1 fully saturated rings. The largest absolute Gasteiger partial charge is 0.493 e. The van der Waals surface area contributed by atoms with E-state index in [2.05, 4.69) is 10.1 Å². The standard InChI is InChI=1S/C20H20N4O2/c1-26-18-14-24(17-8-3-2-4-9-17)22-19(18)20(25)23(16-10-11-16)13-15-7-5-6-12-21-15/h2-9,12,14,16H,10-11,13H2,1H3. The van der Waals surface area contributed by atoms with Crippen LogP contribution in [0, 0.1) is 0 Å². The molecule has 6 heteroatoms. The molecule has 1 aliphatic rings. The van der Waals surface area contributed by atoms with Crippen LogP contribution in [0.1, 0.15) is 29.0 Å². The highest BCUT2D eigenvalue weighted by Crippen LogP contribution is 2.31. The fourth-order valence-corrected chi connectivity index (χ4v) is 2.92. The van der Waals surface area contributed by atoms with Gasteiger partial charge in [0.2, 0.25) is 0 Å². The molecule has 0 aliphatic heterocycles. The van der Waals surface area contributed by atoms with Crippen LogP contribution in [0.3, 0.4) is 0 Å². The molecule has 26 heavy (non-hydrogen) atoms. The van der Waals surface area contributed by atoms with E-state index in [1.165, 1.54) is 0 Å². The first kappa shape index (κ1) is 16.3. The Bertz CT molecular complexity index is 889. The quantitative estimate of drug-likeness (QED) is 0.687. The Morgan fingerprint density at radius 1 is 1.19 bits per heavy atom. The Kier molecular flexibility index (Phi) is 4.39. The number of nitrogens with zero attached hydrogens (tertiary/aromatic N) is 4. The SMILES string of the molecule is COc1cn(-c2ccccc2)nc1C(=O)N(Cc1ccccn1)C1CC1. The molecule has 132 valence electrons. The molecule has 4 rings (SSSR count). The number of amides is 1. The number of carbonyl (C=O) groups is 1. The van der Waals surface area contributed by atoms with Crippen molar-refractivity contribution in [1.82, 2.24) is 19.7 Å². The normalized spacial score (nSPS) is 13.4. The number of methoxy groups -OCH3 is 1. The number of benzene rings is 1. The fourth-order valence-electron chi connectivity index (χ4n) is 2.92. The van der Waals surface area contributed by atoms with E-state index in [1.54, 1.807) is 24.2 Å². The van der Waals surface area contributed by atoms with Crippen molar-refractivity contribution in [3.63, 3.8) is 0 Å². The van der Waals surface area contributed by atoms with Gasteiger partial charge in [0.15, 0.2) is 11.4 Å². The number of ether oxygens (including phenoxy) is 1. The highest BCUT2D eigenvalue weighted by Gasteiger charge is 2.35. The summed E-state index contributed by atoms with van der Waals surface area (Å²) in [5.41, 5.74) is 2.08. The van der Waals surface area contributed by atoms with Crippen molar-refractivity contribution in [1.29, 1.82) is 0 Å². The third kappa shape index (κ3) is 3.31. The molecular formula is C20H20N4O2. The Morgan fingerprint density at radius 3 is 2.62 bits per heavy atom. The Labute approximate surface area is 152 Å². The van der Waals surface area contributed by atoms with Gasteiger partial charge in [-0.1, -0.05) is 24.3 Å². The average molecular weight is 348 g/mol. The molecule has 1 amide bonds. The monoisotopic (exact) mass is 348 g/mol. The van der Waals surface area contributed by atoms with Crippen molar-refractivity contribution in [2.45, 2.75) is 25.4 Å². The minimum atomic E-state index is -0.121. The summed E-state index contributed by atoms with van der Waals surface area (Å²) in [6.07, 6.45) is 5.52. The summed E-state index contributed by atoms with van der Waals surface area (Å²) < 4.78 is 7.10. The third-order valence-electron chi connectivity index (χ3n) is 4.43. The van der Waals surface area contributed by atoms with Crippen LogP contribution >= 0.6 is 0 Å². The van der Waals surface area contributed by atoms with E-state index in [0.29, 0.717) is 18.0 Å². The minimum Gasteiger partial charge on any atom is -0.493 e. The zero-order valence-electron chi connectivity index (χ0n) is 14.6. The van der Waals surface area contributed by atoms with Crippen LogP contribution in [0.4, 0.5) is 0 Å². The first-order valence-corrected chi connectivity index (χ1v) is 8.66. The number of carbonyl (C=O) groups excluding carboxylic acids is 1. The van der Waals surface area contributed by atoms with Crippen LogP contribution < -0.4 is 4.74 Å². The zero-order chi connectivity index (χ0) is 17.9. The summed E-state index contributed by atoms with van der Waals surface area (Å²) in [5.74, 6) is 0.357. The van der Waals surface area contributed by atoms with Gasteiger partial charge in [0, 0.05) is 12.2 Å². The van der Waals surface area contributed by atoms with Crippen LogP contribution in [0.2, 0.25) is 0 Å². The molecule has 0 bridgehead atoms. The summed E-state index contributed by atoms with van der Waals surface area (Å²) >= 11 is 0. The van der Waals surface area contributed by atoms with Crippen molar-refractivity contribution in [2.24, 2.45) is 0 Å². The first-order chi connectivity index (χ1) is 12.8. The fraction of sp³-hybridized carbons (Fsp3) is 0.250. The summed E-state index contributed by atoms with van der Waals surface area (Å²) in [5, 5.41) is 4.50. The second-order valence-corrected chi connectivity index (χ2v) is 6.31. The smallest absolute Gasteiger partial charge is 0.278 e. The lowest BCUT2D eigenvalue weighted by atomic mass is 10.2. The number of hydrogen-bond acceptors (Lipinski definition) is 4. The van der Waals surface area contributed by atoms with Gasteiger partial charge in [0.25, 0.3) is 5.91 Å². The summed E-state index contributed by atoms with van der Waals surface area (Å²) in [4.78, 5) is 19.4. The van der Waals surface area contributed by atoms with Crippen molar-refractivity contribution in [3.05, 3.63) is 72.3 Å². The summed E-state index contributed by atoms with van der Waals surface area (Å²) in [7, 11) is 1.56. The van der Waals surface area contributed by atoms with Crippen molar-refractivity contribution in [3.8, 4) is 11.4 Å². The first-order valence-electron chi connectivity index (χ1n) is 8.66. The number of rotatable bonds is 6. The molecule has 0 spiro atoms. The summed E-state index contributed by atoms with van der Waals surface area (Å²) in [6, 6.07) is 15.7. The van der Waals surface area contributed by atoms with Gasteiger partial charge in [-0.05, 0) is 37.1 Å². The third-order valence-corrected chi connectivity index (χ3v) is 4.43. The summed E-state index contributed by atoms with van der Waals surface area (Å²) in [6.45, 7) is 0.478. The topological polar surface area (TPSA) is 60.3 Å². The molecule has 3 aromatic rings. The van der Waals surface area contributed by atoms with Gasteiger partial charge in [-0.2, -0.15) is 5.10 Å². The molecule has 0 atom stereocenters. The van der Waals surface area contributed by atoms with Crippen molar-refractivity contribution < 1.29 is 9.53 Å². The average Bonchev–Trinajstić information content (AvgIpc) is 3.45. The second kappa shape index (κ2) is 7.00. The van der Waals surface area contributed by atoms with Gasteiger partial charge in [-0.25, -0.2) is 4.68 Å². The van der Waals surface area contributed by atoms with Gasteiger partial charge in [0.05, 0.1) is 31.2 Å². The van der Waals surface area contributed by atoms with Gasteiger partial charge in [0.1, 0.15) is 0 Å². The zero-order valence-corrected chi connectivity index (χ0v) is 14.6. The number of hydrogen-bond donors (Lipinski definition) is 0. The Morgan fingerprint density at radius 2 is 1.96 bits per heavy atom. The predicted octanol–water partition coefficient (Wildman–Crippen LogP) is 3.08. The molecule has 0 radical (unpaired) electrons. The minimum absolute atomic E-state index is 0.121. The predicted molar refractivity (Wildman–Crippen MR) is 97.2 cm³/mol. The molecule has 2 heterocycles. The van der Waals surface area contributed by atoms with E-state index >= 15 is 0 Å². The highest BCUT2D eigenvalue weighted by molar-refractivity contribution is 5.95. The lowest BCUT2D eigenvalue weighted by Crippen LogP contribution is -2.33. The molecule has 0 N–H and O–H groups in total. The number of pyridine rings is 1. The van der Waals surface area contributed by atoms with E-state index < -0.39 is 0 Å². The van der Waals surface area contributed by atoms with E-state index in [1.807, 2.05) is 53.4 Å². The molecule has 1 aliphatic carbocycles. The highest BCUT2D eigenvalue weighted by atomic mass is 16.5. The second-order valence-electron chi connectivity index (χ2n) is 6.31. The van der Waals surface area contributed by atoms with Gasteiger partial charge < -0.3 is 9.64 Å². The van der Waals surface area contributed by atoms with E-state index in [0.717, 1.165) is 24.2 Å². The van der Waals surface area contributed by atoms with Crippen LogP contribution in [0.5, 0.6) is 5.75 Å². The molecule has 2 aromatic heterocycles. The lowest BCUT2D eigenvalue weighted by Gasteiger charge is -2.21. The molecule has 6 nitrogen and oxygen atoms in total. The van der Waals surface area contributed by atoms with E-state index in [4.69, 9.17) is 4.74 Å². The molecule has 1 saturated carbocycles. The van der Waals surface area contributed by atoms with Crippen LogP contribution in [0.25, 0.3) is 5.69 Å².